The van der Waals surface area contributed by atoms with E-state index in [1.807, 2.05) is 19.9 Å². The third-order valence-corrected chi connectivity index (χ3v) is 2.36. The first kappa shape index (κ1) is 11.5. The maximum atomic E-state index is 8.89. The van der Waals surface area contributed by atoms with Gasteiger partial charge in [-0.15, -0.1) is 0 Å². The minimum Gasteiger partial charge on any atom is -0.473 e. The fraction of sp³-hybridized carbons (Fsp3) is 0.500. The molecule has 0 bridgehead atoms. The van der Waals surface area contributed by atoms with Crippen molar-refractivity contribution >= 4 is 0 Å². The van der Waals surface area contributed by atoms with E-state index in [4.69, 9.17) is 10.00 Å². The van der Waals surface area contributed by atoms with Crippen LogP contribution in [-0.2, 0) is 0 Å². The molecular weight excluding hydrogens is 188 g/mol. The van der Waals surface area contributed by atoms with E-state index in [1.54, 1.807) is 6.07 Å². The maximum absolute atomic E-state index is 8.89. The van der Waals surface area contributed by atoms with Crippen LogP contribution in [-0.4, -0.2) is 11.1 Å². The Morgan fingerprint density at radius 2 is 2.00 bits per heavy atom. The number of ether oxygens (including phenoxy) is 1. The molecule has 1 unspecified atom stereocenters. The molecule has 1 aromatic heterocycles. The highest BCUT2D eigenvalue weighted by atomic mass is 16.5. The molecule has 0 fully saturated rings. The van der Waals surface area contributed by atoms with E-state index < -0.39 is 0 Å². The fourth-order valence-electron chi connectivity index (χ4n) is 1.02. The highest BCUT2D eigenvalue weighted by Gasteiger charge is 2.12. The molecule has 0 aliphatic rings. The molecule has 1 aromatic rings. The van der Waals surface area contributed by atoms with E-state index in [-0.39, 0.29) is 6.10 Å². The predicted molar refractivity (Wildman–Crippen MR) is 58.6 cm³/mol. The Hall–Kier alpha value is -1.56. The van der Waals surface area contributed by atoms with Gasteiger partial charge in [0.1, 0.15) is 11.6 Å². The van der Waals surface area contributed by atoms with Crippen LogP contribution in [0.5, 0.6) is 5.88 Å². The SMILES string of the molecule is Cc1ccc(C#N)c(OC(C)C(C)C)n1. The molecule has 0 aliphatic carbocycles. The molecule has 0 aliphatic heterocycles. The van der Waals surface area contributed by atoms with Crippen LogP contribution in [0, 0.1) is 24.2 Å². The first-order chi connectivity index (χ1) is 7.04. The normalized spacial score (nSPS) is 12.3. The van der Waals surface area contributed by atoms with Gasteiger partial charge in [0, 0.05) is 5.69 Å². The summed E-state index contributed by atoms with van der Waals surface area (Å²) in [5.41, 5.74) is 1.35. The monoisotopic (exact) mass is 204 g/mol. The summed E-state index contributed by atoms with van der Waals surface area (Å²) in [7, 11) is 0. The summed E-state index contributed by atoms with van der Waals surface area (Å²) < 4.78 is 5.64. The first-order valence-electron chi connectivity index (χ1n) is 5.09. The van der Waals surface area contributed by atoms with Crippen LogP contribution in [0.15, 0.2) is 12.1 Å². The van der Waals surface area contributed by atoms with Crippen molar-refractivity contribution in [3.8, 4) is 11.9 Å². The summed E-state index contributed by atoms with van der Waals surface area (Å²) >= 11 is 0. The standard InChI is InChI=1S/C12H16N2O/c1-8(2)10(4)15-12-11(7-13)6-5-9(3)14-12/h5-6,8,10H,1-4H3. The number of rotatable bonds is 3. The molecule has 80 valence electrons. The Kier molecular flexibility index (Phi) is 3.68. The zero-order valence-electron chi connectivity index (χ0n) is 9.61. The molecule has 1 rings (SSSR count). The van der Waals surface area contributed by atoms with Crippen molar-refractivity contribution in [1.29, 1.82) is 5.26 Å². The van der Waals surface area contributed by atoms with Crippen molar-refractivity contribution in [2.75, 3.05) is 0 Å². The molecule has 0 N–H and O–H groups in total. The molecule has 0 radical (unpaired) electrons. The summed E-state index contributed by atoms with van der Waals surface area (Å²) in [5.74, 6) is 0.845. The third kappa shape index (κ3) is 2.95. The largest absolute Gasteiger partial charge is 0.473 e. The van der Waals surface area contributed by atoms with Crippen molar-refractivity contribution < 1.29 is 4.74 Å². The van der Waals surface area contributed by atoms with Gasteiger partial charge in [-0.2, -0.15) is 5.26 Å². The molecule has 15 heavy (non-hydrogen) atoms. The van der Waals surface area contributed by atoms with Crippen molar-refractivity contribution in [2.24, 2.45) is 5.92 Å². The number of pyridine rings is 1. The molecule has 0 saturated heterocycles. The van der Waals surface area contributed by atoms with E-state index in [9.17, 15) is 0 Å². The summed E-state index contributed by atoms with van der Waals surface area (Å²) in [6.07, 6.45) is 0.0615. The predicted octanol–water partition coefficient (Wildman–Crippen LogP) is 2.69. The number of hydrogen-bond donors (Lipinski definition) is 0. The Morgan fingerprint density at radius 1 is 1.33 bits per heavy atom. The smallest absolute Gasteiger partial charge is 0.232 e. The quantitative estimate of drug-likeness (QED) is 0.760. The molecule has 3 heteroatoms. The van der Waals surface area contributed by atoms with Crippen LogP contribution in [0.1, 0.15) is 32.0 Å². The molecule has 1 atom stereocenters. The van der Waals surface area contributed by atoms with Gasteiger partial charge in [0.2, 0.25) is 5.88 Å². The van der Waals surface area contributed by atoms with Gasteiger partial charge in [0.25, 0.3) is 0 Å². The van der Waals surface area contributed by atoms with Gasteiger partial charge < -0.3 is 4.74 Å². The van der Waals surface area contributed by atoms with Gasteiger partial charge in [-0.1, -0.05) is 13.8 Å². The van der Waals surface area contributed by atoms with Crippen LogP contribution in [0.25, 0.3) is 0 Å². The Labute approximate surface area is 90.7 Å². The average Bonchev–Trinajstić information content (AvgIpc) is 2.18. The second kappa shape index (κ2) is 4.79. The number of aromatic nitrogens is 1. The van der Waals surface area contributed by atoms with Gasteiger partial charge in [-0.3, -0.25) is 0 Å². The molecule has 0 saturated carbocycles. The van der Waals surface area contributed by atoms with Crippen LogP contribution in [0.4, 0.5) is 0 Å². The van der Waals surface area contributed by atoms with E-state index in [2.05, 4.69) is 24.9 Å². The molecule has 1 heterocycles. The van der Waals surface area contributed by atoms with Gasteiger partial charge >= 0.3 is 0 Å². The molecule has 0 spiro atoms. The number of nitrogens with zero attached hydrogens (tertiary/aromatic N) is 2. The average molecular weight is 204 g/mol. The highest BCUT2D eigenvalue weighted by molar-refractivity contribution is 5.38. The zero-order valence-corrected chi connectivity index (χ0v) is 9.61. The van der Waals surface area contributed by atoms with Crippen molar-refractivity contribution in [3.63, 3.8) is 0 Å². The maximum Gasteiger partial charge on any atom is 0.232 e. The van der Waals surface area contributed by atoms with E-state index in [1.165, 1.54) is 0 Å². The van der Waals surface area contributed by atoms with Crippen molar-refractivity contribution in [1.82, 2.24) is 4.98 Å². The number of aryl methyl sites for hydroxylation is 1. The molecule has 3 nitrogen and oxygen atoms in total. The second-order valence-electron chi connectivity index (χ2n) is 3.98. The lowest BCUT2D eigenvalue weighted by atomic mass is 10.1. The highest BCUT2D eigenvalue weighted by Crippen LogP contribution is 2.18. The van der Waals surface area contributed by atoms with Crippen LogP contribution in [0.3, 0.4) is 0 Å². The minimum atomic E-state index is 0.0615. The molecule has 0 amide bonds. The summed E-state index contributed by atoms with van der Waals surface area (Å²) in [4.78, 5) is 4.22. The van der Waals surface area contributed by atoms with Gasteiger partial charge in [-0.25, -0.2) is 4.98 Å². The first-order valence-corrected chi connectivity index (χ1v) is 5.09. The summed E-state index contributed by atoms with van der Waals surface area (Å²) in [6, 6.07) is 5.63. The van der Waals surface area contributed by atoms with Crippen LogP contribution >= 0.6 is 0 Å². The zero-order chi connectivity index (χ0) is 11.4. The van der Waals surface area contributed by atoms with Crippen LogP contribution < -0.4 is 4.74 Å². The summed E-state index contributed by atoms with van der Waals surface area (Å²) in [5, 5.41) is 8.89. The van der Waals surface area contributed by atoms with E-state index in [0.29, 0.717) is 17.4 Å². The van der Waals surface area contributed by atoms with Gasteiger partial charge in [-0.05, 0) is 31.9 Å². The number of nitriles is 1. The lowest BCUT2D eigenvalue weighted by Crippen LogP contribution is -2.20. The second-order valence-corrected chi connectivity index (χ2v) is 3.98. The minimum absolute atomic E-state index is 0.0615. The number of hydrogen-bond acceptors (Lipinski definition) is 3. The Balaban J connectivity index is 2.93. The van der Waals surface area contributed by atoms with Gasteiger partial charge in [0.05, 0.1) is 6.10 Å². The molecule has 0 aromatic carbocycles. The third-order valence-electron chi connectivity index (χ3n) is 2.36. The van der Waals surface area contributed by atoms with Gasteiger partial charge in [0.15, 0.2) is 0 Å². The lowest BCUT2D eigenvalue weighted by Gasteiger charge is -2.18. The summed E-state index contributed by atoms with van der Waals surface area (Å²) in [6.45, 7) is 8.02. The van der Waals surface area contributed by atoms with Crippen LogP contribution in [0.2, 0.25) is 0 Å². The van der Waals surface area contributed by atoms with E-state index >= 15 is 0 Å². The Morgan fingerprint density at radius 3 is 2.53 bits per heavy atom. The van der Waals surface area contributed by atoms with Crippen molar-refractivity contribution in [3.05, 3.63) is 23.4 Å². The molecular formula is C12H16N2O. The fourth-order valence-corrected chi connectivity index (χ4v) is 1.02. The van der Waals surface area contributed by atoms with Crippen molar-refractivity contribution in [2.45, 2.75) is 33.8 Å². The topological polar surface area (TPSA) is 45.9 Å². The van der Waals surface area contributed by atoms with E-state index in [0.717, 1.165) is 5.69 Å². The lowest BCUT2D eigenvalue weighted by molar-refractivity contribution is 0.162. The Bertz CT molecular complexity index is 380.